The number of hydrogen-bond donors (Lipinski definition) is 0. The molecule has 2 atom stereocenters. The van der Waals surface area contributed by atoms with Crippen molar-refractivity contribution in [2.24, 2.45) is 5.92 Å². The van der Waals surface area contributed by atoms with Crippen molar-refractivity contribution in [1.82, 2.24) is 4.90 Å². The summed E-state index contributed by atoms with van der Waals surface area (Å²) in [4.78, 5) is 14.9. The summed E-state index contributed by atoms with van der Waals surface area (Å²) in [6.07, 6.45) is 1.09. The van der Waals surface area contributed by atoms with Crippen molar-refractivity contribution in [2.75, 3.05) is 11.9 Å². The monoisotopic (exact) mass is 331 g/mol. The van der Waals surface area contributed by atoms with Gasteiger partial charge in [0, 0.05) is 23.5 Å². The molecule has 0 bridgehead atoms. The van der Waals surface area contributed by atoms with Gasteiger partial charge in [0.1, 0.15) is 0 Å². The SMILES string of the molecule is CC1CCN(C(=O)c2cccc3ccccc23)C1CBr. The van der Waals surface area contributed by atoms with Crippen LogP contribution in [0.4, 0.5) is 0 Å². The predicted octanol–water partition coefficient (Wildman–Crippen LogP) is 4.09. The maximum Gasteiger partial charge on any atom is 0.254 e. The zero-order valence-electron chi connectivity index (χ0n) is 11.6. The summed E-state index contributed by atoms with van der Waals surface area (Å²) >= 11 is 3.55. The summed E-state index contributed by atoms with van der Waals surface area (Å²) in [6.45, 7) is 3.09. The molecule has 1 saturated heterocycles. The minimum atomic E-state index is 0.163. The topological polar surface area (TPSA) is 20.3 Å². The van der Waals surface area contributed by atoms with Crippen LogP contribution in [-0.2, 0) is 0 Å². The Hall–Kier alpha value is -1.35. The van der Waals surface area contributed by atoms with Crippen molar-refractivity contribution in [3.05, 3.63) is 48.0 Å². The first-order valence-corrected chi connectivity index (χ1v) is 8.19. The Morgan fingerprint density at radius 2 is 2.00 bits per heavy atom. The lowest BCUT2D eigenvalue weighted by Gasteiger charge is -2.25. The van der Waals surface area contributed by atoms with Crippen LogP contribution >= 0.6 is 15.9 Å². The van der Waals surface area contributed by atoms with Gasteiger partial charge in [0.15, 0.2) is 0 Å². The van der Waals surface area contributed by atoms with Crippen LogP contribution in [0, 0.1) is 5.92 Å². The molecule has 2 aromatic rings. The number of carbonyl (C=O) groups excluding carboxylic acids is 1. The average molecular weight is 332 g/mol. The quantitative estimate of drug-likeness (QED) is 0.759. The van der Waals surface area contributed by atoms with E-state index in [9.17, 15) is 4.79 Å². The van der Waals surface area contributed by atoms with Gasteiger partial charge in [-0.3, -0.25) is 4.79 Å². The molecule has 0 aliphatic carbocycles. The van der Waals surface area contributed by atoms with Crippen LogP contribution in [0.5, 0.6) is 0 Å². The van der Waals surface area contributed by atoms with Gasteiger partial charge in [-0.2, -0.15) is 0 Å². The second-order valence-electron chi connectivity index (χ2n) is 5.51. The summed E-state index contributed by atoms with van der Waals surface area (Å²) in [5, 5.41) is 3.03. The number of halogens is 1. The number of carbonyl (C=O) groups is 1. The molecular weight excluding hydrogens is 314 g/mol. The molecule has 1 heterocycles. The Bertz CT molecular complexity index is 634. The van der Waals surface area contributed by atoms with E-state index in [2.05, 4.69) is 35.0 Å². The Morgan fingerprint density at radius 1 is 1.25 bits per heavy atom. The fraction of sp³-hybridized carbons (Fsp3) is 0.353. The number of likely N-dealkylation sites (tertiary alicyclic amines) is 1. The summed E-state index contributed by atoms with van der Waals surface area (Å²) in [5.74, 6) is 0.726. The molecular formula is C17H18BrNO. The van der Waals surface area contributed by atoms with Crippen molar-refractivity contribution in [1.29, 1.82) is 0 Å². The lowest BCUT2D eigenvalue weighted by molar-refractivity contribution is 0.0740. The van der Waals surface area contributed by atoms with E-state index >= 15 is 0 Å². The van der Waals surface area contributed by atoms with Crippen LogP contribution < -0.4 is 0 Å². The van der Waals surface area contributed by atoms with E-state index in [-0.39, 0.29) is 5.91 Å². The van der Waals surface area contributed by atoms with Crippen LogP contribution in [-0.4, -0.2) is 28.7 Å². The number of amides is 1. The molecule has 2 unspecified atom stereocenters. The molecule has 1 fully saturated rings. The summed E-state index contributed by atoms with van der Waals surface area (Å²) < 4.78 is 0. The van der Waals surface area contributed by atoms with Gasteiger partial charge in [0.2, 0.25) is 0 Å². The molecule has 3 heteroatoms. The fourth-order valence-corrected chi connectivity index (χ4v) is 4.05. The smallest absolute Gasteiger partial charge is 0.254 e. The number of hydrogen-bond acceptors (Lipinski definition) is 1. The van der Waals surface area contributed by atoms with Crippen molar-refractivity contribution < 1.29 is 4.79 Å². The summed E-state index contributed by atoms with van der Waals surface area (Å²) in [6, 6.07) is 14.4. The van der Waals surface area contributed by atoms with E-state index in [0.29, 0.717) is 12.0 Å². The third-order valence-corrected chi connectivity index (χ3v) is 4.98. The van der Waals surface area contributed by atoms with Crippen molar-refractivity contribution >= 4 is 32.6 Å². The molecule has 0 aromatic heterocycles. The van der Waals surface area contributed by atoms with Gasteiger partial charge < -0.3 is 4.90 Å². The minimum Gasteiger partial charge on any atom is -0.335 e. The average Bonchev–Trinajstić information content (AvgIpc) is 2.86. The van der Waals surface area contributed by atoms with Crippen LogP contribution in [0.2, 0.25) is 0 Å². The zero-order chi connectivity index (χ0) is 14.1. The molecule has 3 rings (SSSR count). The van der Waals surface area contributed by atoms with E-state index in [1.165, 1.54) is 0 Å². The van der Waals surface area contributed by atoms with E-state index in [0.717, 1.165) is 34.6 Å². The molecule has 0 spiro atoms. The van der Waals surface area contributed by atoms with Gasteiger partial charge in [-0.25, -0.2) is 0 Å². The molecule has 0 saturated carbocycles. The van der Waals surface area contributed by atoms with E-state index in [1.807, 2.05) is 35.2 Å². The Balaban J connectivity index is 2.01. The molecule has 1 aliphatic heterocycles. The van der Waals surface area contributed by atoms with Crippen LogP contribution in [0.15, 0.2) is 42.5 Å². The zero-order valence-corrected chi connectivity index (χ0v) is 13.1. The highest BCUT2D eigenvalue weighted by atomic mass is 79.9. The van der Waals surface area contributed by atoms with Crippen molar-refractivity contribution in [3.8, 4) is 0 Å². The summed E-state index contributed by atoms with van der Waals surface area (Å²) in [5.41, 5.74) is 0.822. The number of fused-ring (bicyclic) bond motifs is 1. The molecule has 0 N–H and O–H groups in total. The standard InChI is InChI=1S/C17H18BrNO/c1-12-9-10-19(16(12)11-18)17(20)15-8-4-6-13-5-2-3-7-14(13)15/h2-8,12,16H,9-11H2,1H3. The first-order chi connectivity index (χ1) is 9.72. The largest absolute Gasteiger partial charge is 0.335 e. The molecule has 104 valence electrons. The third kappa shape index (κ3) is 2.24. The first kappa shape index (κ1) is 13.6. The van der Waals surface area contributed by atoms with Gasteiger partial charge in [-0.05, 0) is 29.2 Å². The lowest BCUT2D eigenvalue weighted by atomic mass is 10.0. The van der Waals surface area contributed by atoms with Gasteiger partial charge in [0.25, 0.3) is 5.91 Å². The number of benzene rings is 2. The maximum atomic E-state index is 12.9. The van der Waals surface area contributed by atoms with Gasteiger partial charge in [0.05, 0.1) is 0 Å². The Morgan fingerprint density at radius 3 is 2.80 bits per heavy atom. The third-order valence-electron chi connectivity index (χ3n) is 4.32. The van der Waals surface area contributed by atoms with E-state index < -0.39 is 0 Å². The second-order valence-corrected chi connectivity index (χ2v) is 6.16. The highest BCUT2D eigenvalue weighted by Gasteiger charge is 2.34. The van der Waals surface area contributed by atoms with Crippen LogP contribution in [0.3, 0.4) is 0 Å². The number of nitrogens with zero attached hydrogens (tertiary/aromatic N) is 1. The highest BCUT2D eigenvalue weighted by molar-refractivity contribution is 9.09. The molecule has 0 radical (unpaired) electrons. The van der Waals surface area contributed by atoms with Crippen LogP contribution in [0.25, 0.3) is 10.8 Å². The lowest BCUT2D eigenvalue weighted by Crippen LogP contribution is -2.38. The second kappa shape index (κ2) is 5.57. The number of rotatable bonds is 2. The molecule has 1 aliphatic rings. The Labute approximate surface area is 127 Å². The highest BCUT2D eigenvalue weighted by Crippen LogP contribution is 2.29. The molecule has 1 amide bonds. The van der Waals surface area contributed by atoms with Crippen LogP contribution in [0.1, 0.15) is 23.7 Å². The van der Waals surface area contributed by atoms with E-state index in [4.69, 9.17) is 0 Å². The minimum absolute atomic E-state index is 0.163. The maximum absolute atomic E-state index is 12.9. The predicted molar refractivity (Wildman–Crippen MR) is 86.3 cm³/mol. The number of alkyl halides is 1. The molecule has 20 heavy (non-hydrogen) atoms. The van der Waals surface area contributed by atoms with Gasteiger partial charge in [-0.15, -0.1) is 0 Å². The Kier molecular flexibility index (Phi) is 3.79. The summed E-state index contributed by atoms with van der Waals surface area (Å²) in [7, 11) is 0. The van der Waals surface area contributed by atoms with Gasteiger partial charge >= 0.3 is 0 Å². The van der Waals surface area contributed by atoms with Crippen molar-refractivity contribution in [2.45, 2.75) is 19.4 Å². The van der Waals surface area contributed by atoms with Gasteiger partial charge in [-0.1, -0.05) is 59.3 Å². The first-order valence-electron chi connectivity index (χ1n) is 7.07. The fourth-order valence-electron chi connectivity index (χ4n) is 3.06. The normalized spacial score (nSPS) is 22.4. The molecule has 2 nitrogen and oxygen atoms in total. The molecule has 2 aromatic carbocycles. The van der Waals surface area contributed by atoms with E-state index in [1.54, 1.807) is 0 Å². The van der Waals surface area contributed by atoms with Crippen molar-refractivity contribution in [3.63, 3.8) is 0 Å².